The van der Waals surface area contributed by atoms with Gasteiger partial charge in [-0.05, 0) is 50.8 Å². The SMILES string of the molecule is [B]N1CC2(C1)CN(B(I)C(=O)Nc1cccc(C)c1)C2. The van der Waals surface area contributed by atoms with Crippen LogP contribution in [0.3, 0.4) is 0 Å². The molecular formula is C13H16B2IN3O. The second-order valence-electron chi connectivity index (χ2n) is 6.00. The van der Waals surface area contributed by atoms with E-state index in [9.17, 15) is 4.79 Å². The van der Waals surface area contributed by atoms with Gasteiger partial charge >= 0.3 is 4.70 Å². The second-order valence-corrected chi connectivity index (χ2v) is 7.18. The number of nitrogens with zero attached hydrogens (tertiary/aromatic N) is 2. The molecule has 1 aromatic carbocycles. The third kappa shape index (κ3) is 2.76. The molecule has 2 fully saturated rings. The maximum Gasteiger partial charge on any atom is 0.402 e. The van der Waals surface area contributed by atoms with Crippen LogP contribution in [-0.4, -0.2) is 54.3 Å². The van der Waals surface area contributed by atoms with Gasteiger partial charge in [0.2, 0.25) is 5.81 Å². The quantitative estimate of drug-likeness (QED) is 0.643. The van der Waals surface area contributed by atoms with Gasteiger partial charge in [-0.2, -0.15) is 0 Å². The molecule has 0 atom stereocenters. The highest BCUT2D eigenvalue weighted by Crippen LogP contribution is 2.39. The molecule has 0 unspecified atom stereocenters. The van der Waals surface area contributed by atoms with Crippen LogP contribution in [0.15, 0.2) is 24.3 Å². The van der Waals surface area contributed by atoms with E-state index in [1.807, 2.05) is 36.0 Å². The van der Waals surface area contributed by atoms with Gasteiger partial charge < -0.3 is 14.9 Å². The zero-order chi connectivity index (χ0) is 14.3. The summed E-state index contributed by atoms with van der Waals surface area (Å²) in [5, 5.41) is 2.98. The Balaban J connectivity index is 1.53. The zero-order valence-electron chi connectivity index (χ0n) is 11.5. The van der Waals surface area contributed by atoms with Crippen molar-refractivity contribution in [2.75, 3.05) is 31.5 Å². The summed E-state index contributed by atoms with van der Waals surface area (Å²) in [7, 11) is 5.69. The Hall–Kier alpha value is -0.530. The molecule has 1 aromatic rings. The highest BCUT2D eigenvalue weighted by Gasteiger charge is 2.53. The Morgan fingerprint density at radius 3 is 2.70 bits per heavy atom. The topological polar surface area (TPSA) is 35.6 Å². The van der Waals surface area contributed by atoms with Crippen LogP contribution < -0.4 is 5.32 Å². The summed E-state index contributed by atoms with van der Waals surface area (Å²) in [5.74, 6) is 0.0509. The molecule has 1 N–H and O–H groups in total. The first-order chi connectivity index (χ1) is 9.47. The predicted octanol–water partition coefficient (Wildman–Crippen LogP) is 1.73. The smallest absolute Gasteiger partial charge is 0.352 e. The van der Waals surface area contributed by atoms with Crippen LogP contribution >= 0.6 is 22.4 Å². The largest absolute Gasteiger partial charge is 0.402 e. The maximum absolute atomic E-state index is 12.2. The minimum Gasteiger partial charge on any atom is -0.352 e. The van der Waals surface area contributed by atoms with E-state index >= 15 is 0 Å². The Kier molecular flexibility index (Phi) is 3.85. The van der Waals surface area contributed by atoms with Crippen LogP contribution in [0, 0.1) is 12.3 Å². The van der Waals surface area contributed by atoms with E-state index in [0.29, 0.717) is 5.41 Å². The van der Waals surface area contributed by atoms with Gasteiger partial charge in [-0.3, -0.25) is 4.79 Å². The summed E-state index contributed by atoms with van der Waals surface area (Å²) >= 11 is 2.21. The summed E-state index contributed by atoms with van der Waals surface area (Å²) in [5.41, 5.74) is 2.36. The Morgan fingerprint density at radius 1 is 1.40 bits per heavy atom. The van der Waals surface area contributed by atoms with E-state index < -0.39 is 0 Å². The van der Waals surface area contributed by atoms with Crippen molar-refractivity contribution in [2.24, 2.45) is 5.41 Å². The Bertz CT molecular complexity index is 528. The van der Waals surface area contributed by atoms with Crippen LogP contribution in [0.4, 0.5) is 10.5 Å². The van der Waals surface area contributed by atoms with E-state index in [0.717, 1.165) is 37.4 Å². The minimum absolute atomic E-state index is 0.0509. The summed E-state index contributed by atoms with van der Waals surface area (Å²) in [4.78, 5) is 16.3. The van der Waals surface area contributed by atoms with E-state index in [1.165, 1.54) is 0 Å². The van der Waals surface area contributed by atoms with Crippen molar-refractivity contribution < 1.29 is 4.79 Å². The average Bonchev–Trinajstić information content (AvgIpc) is 2.31. The van der Waals surface area contributed by atoms with Crippen molar-refractivity contribution in [1.82, 2.24) is 9.62 Å². The first-order valence-electron chi connectivity index (χ1n) is 6.73. The van der Waals surface area contributed by atoms with Crippen LogP contribution in [0.5, 0.6) is 0 Å². The lowest BCUT2D eigenvalue weighted by atomic mass is 9.66. The van der Waals surface area contributed by atoms with Gasteiger partial charge in [-0.1, -0.05) is 12.1 Å². The molecule has 2 aliphatic heterocycles. The zero-order valence-corrected chi connectivity index (χ0v) is 13.6. The molecule has 0 bridgehead atoms. The monoisotopic (exact) mass is 379 g/mol. The lowest BCUT2D eigenvalue weighted by Gasteiger charge is -2.61. The molecule has 2 radical (unpaired) electrons. The van der Waals surface area contributed by atoms with Crippen molar-refractivity contribution in [3.8, 4) is 0 Å². The van der Waals surface area contributed by atoms with E-state index in [1.54, 1.807) is 0 Å². The molecule has 4 nitrogen and oxygen atoms in total. The standard InChI is InChI=1S/C13H16B2IN3O/c1-10-3-2-4-11(5-10)17-12(20)15(16)19-8-13(9-19)6-18(14)7-13/h2-5H,6-9H2,1H3,(H,17,20). The summed E-state index contributed by atoms with van der Waals surface area (Å²) in [6, 6.07) is 7.88. The number of benzene rings is 1. The summed E-state index contributed by atoms with van der Waals surface area (Å²) in [6.45, 7) is 5.86. The number of rotatable bonds is 3. The number of aryl methyl sites for hydroxylation is 1. The molecule has 0 saturated carbocycles. The van der Waals surface area contributed by atoms with Gasteiger partial charge in [-0.25, -0.2) is 0 Å². The van der Waals surface area contributed by atoms with Gasteiger partial charge in [0.15, 0.2) is 7.98 Å². The van der Waals surface area contributed by atoms with Crippen molar-refractivity contribution in [1.29, 1.82) is 0 Å². The molecule has 20 heavy (non-hydrogen) atoms. The molecule has 2 saturated heterocycles. The van der Waals surface area contributed by atoms with Gasteiger partial charge in [-0.15, -0.1) is 22.4 Å². The molecule has 2 aliphatic rings. The molecule has 7 heteroatoms. The van der Waals surface area contributed by atoms with Crippen LogP contribution in [0.25, 0.3) is 0 Å². The van der Waals surface area contributed by atoms with Crippen molar-refractivity contribution in [2.45, 2.75) is 6.92 Å². The van der Waals surface area contributed by atoms with Gasteiger partial charge in [0, 0.05) is 11.1 Å². The molecule has 0 aliphatic carbocycles. The van der Waals surface area contributed by atoms with Gasteiger partial charge in [0.25, 0.3) is 0 Å². The van der Waals surface area contributed by atoms with Gasteiger partial charge in [0.05, 0.1) is 0 Å². The molecule has 1 spiro atoms. The molecule has 102 valence electrons. The first kappa shape index (κ1) is 14.4. The van der Waals surface area contributed by atoms with E-state index in [-0.39, 0.29) is 10.5 Å². The maximum atomic E-state index is 12.2. The highest BCUT2D eigenvalue weighted by atomic mass is 127. The first-order valence-corrected chi connectivity index (χ1v) is 7.97. The van der Waals surface area contributed by atoms with Crippen LogP contribution in [0.2, 0.25) is 0 Å². The van der Waals surface area contributed by atoms with Crippen molar-refractivity contribution in [3.05, 3.63) is 29.8 Å². The number of carbonyl (C=O) groups is 1. The predicted molar refractivity (Wildman–Crippen MR) is 91.3 cm³/mol. The number of amides is 1. The molecule has 1 amide bonds. The third-order valence-electron chi connectivity index (χ3n) is 3.98. The fourth-order valence-electron chi connectivity index (χ4n) is 3.08. The normalized spacial score (nSPS) is 21.1. The van der Waals surface area contributed by atoms with Crippen molar-refractivity contribution in [3.63, 3.8) is 0 Å². The Morgan fingerprint density at radius 2 is 2.10 bits per heavy atom. The van der Waals surface area contributed by atoms with Crippen molar-refractivity contribution >= 4 is 46.6 Å². The number of halogens is 1. The minimum atomic E-state index is -0.120. The molecular weight excluding hydrogens is 363 g/mol. The summed E-state index contributed by atoms with van der Waals surface area (Å²) < 4.78 is -0.120. The Labute approximate surface area is 134 Å². The molecule has 2 heterocycles. The molecule has 0 aromatic heterocycles. The summed E-state index contributed by atoms with van der Waals surface area (Å²) in [6.07, 6.45) is 0. The lowest BCUT2D eigenvalue weighted by molar-refractivity contribution is -0.0387. The third-order valence-corrected chi connectivity index (χ3v) is 5.33. The number of nitrogens with one attached hydrogen (secondary N) is 1. The fraction of sp³-hybridized carbons (Fsp3) is 0.462. The number of anilines is 1. The average molecular weight is 379 g/mol. The lowest BCUT2D eigenvalue weighted by Crippen LogP contribution is -2.74. The number of carbonyl (C=O) groups excluding carboxylic acids is 1. The van der Waals surface area contributed by atoms with Gasteiger partial charge in [0.1, 0.15) is 0 Å². The van der Waals surface area contributed by atoms with Crippen LogP contribution in [0.1, 0.15) is 5.56 Å². The number of hydrogen-bond acceptors (Lipinski definition) is 3. The van der Waals surface area contributed by atoms with E-state index in [4.69, 9.17) is 7.98 Å². The van der Waals surface area contributed by atoms with E-state index in [2.05, 4.69) is 32.5 Å². The fourth-order valence-corrected chi connectivity index (χ4v) is 3.63. The van der Waals surface area contributed by atoms with Crippen LogP contribution in [-0.2, 0) is 0 Å². The number of hydrogen-bond donors (Lipinski definition) is 1. The highest BCUT2D eigenvalue weighted by molar-refractivity contribution is 14.1. The second kappa shape index (κ2) is 5.35. The molecule has 3 rings (SSSR count).